The van der Waals surface area contributed by atoms with Crippen LogP contribution >= 0.6 is 0 Å². The van der Waals surface area contributed by atoms with E-state index in [2.05, 4.69) is 23.5 Å². The van der Waals surface area contributed by atoms with Crippen molar-refractivity contribution < 1.29 is 0 Å². The molecule has 1 aliphatic heterocycles. The molecule has 1 aliphatic carbocycles. The Labute approximate surface area is 89.9 Å². The summed E-state index contributed by atoms with van der Waals surface area (Å²) in [6, 6.07) is 10.3. The standard InChI is InChI=1S/C13H14N2/c14-6-9-2-1-3-10(4-9)12-5-11-7-15-8-13(11)12/h1-4,11-13,15H,5,7-8H2/t11-,12+,13+/m1/s1. The van der Waals surface area contributed by atoms with Crippen molar-refractivity contribution in [2.45, 2.75) is 12.3 Å². The summed E-state index contributed by atoms with van der Waals surface area (Å²) in [6.07, 6.45) is 1.30. The van der Waals surface area contributed by atoms with Crippen LogP contribution in [0.15, 0.2) is 24.3 Å². The molecule has 0 radical (unpaired) electrons. The third kappa shape index (κ3) is 1.35. The minimum absolute atomic E-state index is 0.693. The van der Waals surface area contributed by atoms with Crippen molar-refractivity contribution in [3.05, 3.63) is 35.4 Å². The number of fused-ring (bicyclic) bond motifs is 1. The lowest BCUT2D eigenvalue weighted by molar-refractivity contribution is 0.191. The van der Waals surface area contributed by atoms with E-state index in [1.54, 1.807) is 0 Å². The van der Waals surface area contributed by atoms with Crippen molar-refractivity contribution in [3.8, 4) is 6.07 Å². The second-order valence-corrected chi connectivity index (χ2v) is 4.66. The zero-order chi connectivity index (χ0) is 10.3. The van der Waals surface area contributed by atoms with E-state index in [9.17, 15) is 0 Å². The summed E-state index contributed by atoms with van der Waals surface area (Å²) in [7, 11) is 0. The average Bonchev–Trinajstić information content (AvgIpc) is 2.61. The van der Waals surface area contributed by atoms with E-state index in [0.29, 0.717) is 5.92 Å². The van der Waals surface area contributed by atoms with Gasteiger partial charge in [-0.3, -0.25) is 0 Å². The summed E-state index contributed by atoms with van der Waals surface area (Å²) in [6.45, 7) is 2.35. The van der Waals surface area contributed by atoms with Crippen molar-refractivity contribution >= 4 is 0 Å². The summed E-state index contributed by atoms with van der Waals surface area (Å²) in [5.41, 5.74) is 2.15. The van der Waals surface area contributed by atoms with E-state index >= 15 is 0 Å². The highest BCUT2D eigenvalue weighted by Gasteiger charge is 2.44. The first-order chi connectivity index (χ1) is 7.38. The van der Waals surface area contributed by atoms with Crippen LogP contribution in [0.1, 0.15) is 23.5 Å². The van der Waals surface area contributed by atoms with Gasteiger partial charge in [0.05, 0.1) is 11.6 Å². The van der Waals surface area contributed by atoms with Gasteiger partial charge in [-0.15, -0.1) is 0 Å². The number of nitrogens with one attached hydrogen (secondary N) is 1. The van der Waals surface area contributed by atoms with E-state index in [1.807, 2.05) is 12.1 Å². The molecule has 0 spiro atoms. The lowest BCUT2D eigenvalue weighted by atomic mass is 9.64. The molecule has 1 aromatic carbocycles. The zero-order valence-electron chi connectivity index (χ0n) is 8.61. The Morgan fingerprint density at radius 3 is 3.07 bits per heavy atom. The van der Waals surface area contributed by atoms with Crippen molar-refractivity contribution in [2.24, 2.45) is 11.8 Å². The Kier molecular flexibility index (Phi) is 2.00. The Bertz CT molecular complexity index is 419. The van der Waals surface area contributed by atoms with Gasteiger partial charge in [-0.05, 0) is 55.0 Å². The monoisotopic (exact) mass is 198 g/mol. The second kappa shape index (κ2) is 3.36. The minimum Gasteiger partial charge on any atom is -0.316 e. The Morgan fingerprint density at radius 1 is 1.33 bits per heavy atom. The van der Waals surface area contributed by atoms with Crippen LogP contribution in [0.2, 0.25) is 0 Å². The number of benzene rings is 1. The maximum Gasteiger partial charge on any atom is 0.0991 e. The summed E-state index contributed by atoms with van der Waals surface area (Å²) in [4.78, 5) is 0. The molecule has 1 aromatic rings. The van der Waals surface area contributed by atoms with Gasteiger partial charge in [0, 0.05) is 0 Å². The molecule has 1 N–H and O–H groups in total. The zero-order valence-corrected chi connectivity index (χ0v) is 8.61. The van der Waals surface area contributed by atoms with E-state index in [4.69, 9.17) is 5.26 Å². The van der Waals surface area contributed by atoms with Crippen LogP contribution in [0.25, 0.3) is 0 Å². The first kappa shape index (κ1) is 8.94. The van der Waals surface area contributed by atoms with Crippen LogP contribution in [0.5, 0.6) is 0 Å². The van der Waals surface area contributed by atoms with Crippen LogP contribution in [0.4, 0.5) is 0 Å². The van der Waals surface area contributed by atoms with Crippen LogP contribution in [0.3, 0.4) is 0 Å². The molecular weight excluding hydrogens is 184 g/mol. The smallest absolute Gasteiger partial charge is 0.0991 e. The van der Waals surface area contributed by atoms with Gasteiger partial charge in [0.2, 0.25) is 0 Å². The molecule has 3 atom stereocenters. The molecule has 1 heterocycles. The molecule has 1 saturated heterocycles. The van der Waals surface area contributed by atoms with Gasteiger partial charge >= 0.3 is 0 Å². The van der Waals surface area contributed by atoms with Crippen LogP contribution in [-0.2, 0) is 0 Å². The lowest BCUT2D eigenvalue weighted by Crippen LogP contribution is -2.33. The Morgan fingerprint density at radius 2 is 2.27 bits per heavy atom. The van der Waals surface area contributed by atoms with Crippen molar-refractivity contribution in [2.75, 3.05) is 13.1 Å². The van der Waals surface area contributed by atoms with Crippen LogP contribution in [0, 0.1) is 23.2 Å². The van der Waals surface area contributed by atoms with Gasteiger partial charge in [-0.2, -0.15) is 5.26 Å². The largest absolute Gasteiger partial charge is 0.316 e. The summed E-state index contributed by atoms with van der Waals surface area (Å²) >= 11 is 0. The quantitative estimate of drug-likeness (QED) is 0.748. The second-order valence-electron chi connectivity index (χ2n) is 4.66. The first-order valence-electron chi connectivity index (χ1n) is 5.59. The third-order valence-electron chi connectivity index (χ3n) is 3.91. The van der Waals surface area contributed by atoms with E-state index < -0.39 is 0 Å². The molecule has 2 fully saturated rings. The molecule has 76 valence electrons. The number of hydrogen-bond acceptors (Lipinski definition) is 2. The highest BCUT2D eigenvalue weighted by Crippen LogP contribution is 2.48. The van der Waals surface area contributed by atoms with E-state index in [0.717, 1.165) is 23.9 Å². The molecule has 15 heavy (non-hydrogen) atoms. The topological polar surface area (TPSA) is 35.8 Å². The average molecular weight is 198 g/mol. The highest BCUT2D eigenvalue weighted by atomic mass is 14.9. The van der Waals surface area contributed by atoms with E-state index in [1.165, 1.54) is 18.5 Å². The molecular formula is C13H14N2. The highest BCUT2D eigenvalue weighted by molar-refractivity contribution is 5.36. The molecule has 0 unspecified atom stereocenters. The Balaban J connectivity index is 1.85. The maximum atomic E-state index is 8.86. The van der Waals surface area contributed by atoms with Gasteiger partial charge in [0.1, 0.15) is 0 Å². The lowest BCUT2D eigenvalue weighted by Gasteiger charge is -2.40. The fourth-order valence-corrected chi connectivity index (χ4v) is 3.01. The van der Waals surface area contributed by atoms with Crippen molar-refractivity contribution in [1.29, 1.82) is 5.26 Å². The van der Waals surface area contributed by atoms with Gasteiger partial charge in [0.15, 0.2) is 0 Å². The summed E-state index contributed by atoms with van der Waals surface area (Å²) in [5, 5.41) is 12.3. The number of hydrogen-bond donors (Lipinski definition) is 1. The van der Waals surface area contributed by atoms with Crippen LogP contribution in [-0.4, -0.2) is 13.1 Å². The molecule has 0 aromatic heterocycles. The SMILES string of the molecule is N#Cc1cccc([C@@H]2C[C@@H]3CNC[C@@H]32)c1. The van der Waals surface area contributed by atoms with Crippen molar-refractivity contribution in [3.63, 3.8) is 0 Å². The van der Waals surface area contributed by atoms with Crippen molar-refractivity contribution in [1.82, 2.24) is 5.32 Å². The molecule has 0 bridgehead atoms. The van der Waals surface area contributed by atoms with Gasteiger partial charge in [-0.25, -0.2) is 0 Å². The Hall–Kier alpha value is -1.33. The number of nitrogens with zero attached hydrogens (tertiary/aromatic N) is 1. The summed E-state index contributed by atoms with van der Waals surface area (Å²) < 4.78 is 0. The molecule has 3 rings (SSSR count). The fraction of sp³-hybridized carbons (Fsp3) is 0.462. The normalized spacial score (nSPS) is 32.9. The first-order valence-corrected chi connectivity index (χ1v) is 5.59. The fourth-order valence-electron chi connectivity index (χ4n) is 3.01. The molecule has 2 aliphatic rings. The molecule has 2 heteroatoms. The predicted octanol–water partition coefficient (Wildman–Crippen LogP) is 1.88. The minimum atomic E-state index is 0.693. The van der Waals surface area contributed by atoms with E-state index in [-0.39, 0.29) is 0 Å². The number of nitriles is 1. The molecule has 1 saturated carbocycles. The van der Waals surface area contributed by atoms with Gasteiger partial charge in [0.25, 0.3) is 0 Å². The molecule has 2 nitrogen and oxygen atoms in total. The summed E-state index contributed by atoms with van der Waals surface area (Å²) in [5.74, 6) is 2.40. The van der Waals surface area contributed by atoms with Gasteiger partial charge in [-0.1, -0.05) is 12.1 Å². The number of rotatable bonds is 1. The molecule has 0 amide bonds. The maximum absolute atomic E-state index is 8.86. The predicted molar refractivity (Wildman–Crippen MR) is 58.4 cm³/mol. The van der Waals surface area contributed by atoms with Crippen LogP contribution < -0.4 is 5.32 Å². The third-order valence-corrected chi connectivity index (χ3v) is 3.91. The van der Waals surface area contributed by atoms with Gasteiger partial charge < -0.3 is 5.32 Å².